The van der Waals surface area contributed by atoms with Gasteiger partial charge in [-0.25, -0.2) is 0 Å². The summed E-state index contributed by atoms with van der Waals surface area (Å²) in [5.41, 5.74) is 3.63. The van der Waals surface area contributed by atoms with Crippen LogP contribution in [0.15, 0.2) is 43.1 Å². The topological polar surface area (TPSA) is 39.5 Å². The minimum absolute atomic E-state index is 0.212. The Bertz CT molecular complexity index is 711. The van der Waals surface area contributed by atoms with Crippen molar-refractivity contribution >= 4 is 0 Å². The Labute approximate surface area is 149 Å². The first-order valence-corrected chi connectivity index (χ1v) is 8.78. The molecular formula is C20H27N3O2. The first-order chi connectivity index (χ1) is 12.2. The largest absolute Gasteiger partial charge is 0.497 e. The fraction of sp³-hybridized carbons (Fsp3) is 0.450. The van der Waals surface area contributed by atoms with Crippen LogP contribution in [0.3, 0.4) is 0 Å². The minimum Gasteiger partial charge on any atom is -0.497 e. The minimum atomic E-state index is 0.212. The number of aromatic nitrogens is 2. The summed E-state index contributed by atoms with van der Waals surface area (Å²) in [4.78, 5) is 2.45. The Kier molecular flexibility index (Phi) is 5.89. The number of hydrogen-bond donors (Lipinski definition) is 0. The molecule has 0 amide bonds. The molecule has 1 aromatic carbocycles. The molecule has 0 unspecified atom stereocenters. The van der Waals surface area contributed by atoms with E-state index in [-0.39, 0.29) is 6.10 Å². The van der Waals surface area contributed by atoms with Crippen molar-refractivity contribution in [3.8, 4) is 5.75 Å². The third kappa shape index (κ3) is 4.71. The normalized spacial score (nSPS) is 18.2. The van der Waals surface area contributed by atoms with Gasteiger partial charge in [0.15, 0.2) is 0 Å². The summed E-state index contributed by atoms with van der Waals surface area (Å²) in [5.74, 6) is 0.899. The number of methoxy groups -OCH3 is 1. The Hall–Kier alpha value is -2.11. The van der Waals surface area contributed by atoms with Crippen LogP contribution in [-0.4, -0.2) is 47.6 Å². The predicted octanol–water partition coefficient (Wildman–Crippen LogP) is 2.83. The Balaban J connectivity index is 1.60. The van der Waals surface area contributed by atoms with Crippen LogP contribution in [0.4, 0.5) is 0 Å². The van der Waals surface area contributed by atoms with Crippen LogP contribution >= 0.6 is 0 Å². The number of aryl methyl sites for hydroxylation is 1. The quantitative estimate of drug-likeness (QED) is 0.726. The first kappa shape index (κ1) is 17.7. The van der Waals surface area contributed by atoms with Crippen molar-refractivity contribution in [3.05, 3.63) is 59.9 Å². The van der Waals surface area contributed by atoms with Crippen LogP contribution < -0.4 is 4.74 Å². The Morgan fingerprint density at radius 1 is 1.44 bits per heavy atom. The molecule has 0 radical (unpaired) electrons. The molecule has 1 aromatic heterocycles. The first-order valence-electron chi connectivity index (χ1n) is 8.78. The second-order valence-corrected chi connectivity index (χ2v) is 6.53. The molecule has 3 rings (SSSR count). The van der Waals surface area contributed by atoms with Crippen molar-refractivity contribution in [2.24, 2.45) is 0 Å². The summed E-state index contributed by atoms with van der Waals surface area (Å²) < 4.78 is 13.2. The molecule has 1 aliphatic rings. The average molecular weight is 341 g/mol. The van der Waals surface area contributed by atoms with Crippen LogP contribution in [0.2, 0.25) is 0 Å². The van der Waals surface area contributed by atoms with E-state index in [4.69, 9.17) is 9.47 Å². The van der Waals surface area contributed by atoms with Gasteiger partial charge < -0.3 is 9.47 Å². The van der Waals surface area contributed by atoms with Gasteiger partial charge in [0.2, 0.25) is 0 Å². The van der Waals surface area contributed by atoms with Crippen LogP contribution in [0.5, 0.6) is 5.75 Å². The number of allylic oxidation sites excluding steroid dienone is 1. The van der Waals surface area contributed by atoms with Gasteiger partial charge in [0.05, 0.1) is 32.1 Å². The molecule has 2 aromatic rings. The molecule has 0 spiro atoms. The van der Waals surface area contributed by atoms with E-state index >= 15 is 0 Å². The van der Waals surface area contributed by atoms with E-state index in [0.717, 1.165) is 50.7 Å². The van der Waals surface area contributed by atoms with E-state index in [1.165, 1.54) is 11.1 Å². The smallest absolute Gasteiger partial charge is 0.119 e. The maximum absolute atomic E-state index is 5.98. The number of benzene rings is 1. The summed E-state index contributed by atoms with van der Waals surface area (Å²) in [6, 6.07) is 8.23. The fourth-order valence-electron chi connectivity index (χ4n) is 3.29. The number of ether oxygens (including phenoxy) is 2. The lowest BCUT2D eigenvalue weighted by Gasteiger charge is -2.33. The van der Waals surface area contributed by atoms with E-state index in [0.29, 0.717) is 0 Å². The second-order valence-electron chi connectivity index (χ2n) is 6.53. The molecule has 2 heterocycles. The summed E-state index contributed by atoms with van der Waals surface area (Å²) >= 11 is 0. The standard InChI is InChI=1S/C20H27N3O2/c1-4-8-23-14-18(16(2)21-23)13-22-9-10-25-20(15-22)12-17-6-5-7-19(11-17)24-3/h4-7,11,14,20H,1,8-10,12-13,15H2,2-3H3/t20-/m0/s1. The van der Waals surface area contributed by atoms with Crippen molar-refractivity contribution in [1.82, 2.24) is 14.7 Å². The number of morpholine rings is 1. The second kappa shape index (κ2) is 8.32. The van der Waals surface area contributed by atoms with E-state index < -0.39 is 0 Å². The Morgan fingerprint density at radius 3 is 3.12 bits per heavy atom. The molecule has 1 saturated heterocycles. The summed E-state index contributed by atoms with van der Waals surface area (Å²) in [5, 5.41) is 4.55. The third-order valence-electron chi connectivity index (χ3n) is 4.58. The molecule has 1 aliphatic heterocycles. The average Bonchev–Trinajstić information content (AvgIpc) is 2.95. The zero-order chi connectivity index (χ0) is 17.6. The number of nitrogens with zero attached hydrogens (tertiary/aromatic N) is 3. The predicted molar refractivity (Wildman–Crippen MR) is 98.9 cm³/mol. The molecule has 0 aliphatic carbocycles. The molecule has 0 saturated carbocycles. The zero-order valence-corrected chi connectivity index (χ0v) is 15.1. The van der Waals surface area contributed by atoms with E-state index in [2.05, 4.69) is 41.8 Å². The molecule has 0 bridgehead atoms. The van der Waals surface area contributed by atoms with Crippen molar-refractivity contribution < 1.29 is 9.47 Å². The molecule has 25 heavy (non-hydrogen) atoms. The van der Waals surface area contributed by atoms with Crippen molar-refractivity contribution in [1.29, 1.82) is 0 Å². The molecule has 134 valence electrons. The lowest BCUT2D eigenvalue weighted by atomic mass is 10.1. The van der Waals surface area contributed by atoms with E-state index in [1.807, 2.05) is 22.9 Å². The van der Waals surface area contributed by atoms with Crippen molar-refractivity contribution in [2.75, 3.05) is 26.8 Å². The van der Waals surface area contributed by atoms with Gasteiger partial charge in [-0.3, -0.25) is 9.58 Å². The molecule has 1 fully saturated rings. The summed E-state index contributed by atoms with van der Waals surface area (Å²) in [7, 11) is 1.70. The van der Waals surface area contributed by atoms with Gasteiger partial charge in [-0.05, 0) is 24.6 Å². The van der Waals surface area contributed by atoms with Gasteiger partial charge in [-0.15, -0.1) is 6.58 Å². The maximum Gasteiger partial charge on any atom is 0.119 e. The van der Waals surface area contributed by atoms with E-state index in [9.17, 15) is 0 Å². The van der Waals surface area contributed by atoms with Gasteiger partial charge in [0.25, 0.3) is 0 Å². The van der Waals surface area contributed by atoms with Gasteiger partial charge in [0.1, 0.15) is 5.75 Å². The molecular weight excluding hydrogens is 314 g/mol. The third-order valence-corrected chi connectivity index (χ3v) is 4.58. The Morgan fingerprint density at radius 2 is 2.32 bits per heavy atom. The SMILES string of the molecule is C=CCn1cc(CN2CCO[C@@H](Cc3cccc(OC)c3)C2)c(C)n1. The highest BCUT2D eigenvalue weighted by atomic mass is 16.5. The van der Waals surface area contributed by atoms with Gasteiger partial charge in [-0.2, -0.15) is 5.10 Å². The highest BCUT2D eigenvalue weighted by Crippen LogP contribution is 2.18. The molecule has 1 atom stereocenters. The maximum atomic E-state index is 5.98. The van der Waals surface area contributed by atoms with Gasteiger partial charge in [-0.1, -0.05) is 18.2 Å². The summed E-state index contributed by atoms with van der Waals surface area (Å²) in [6.07, 6.45) is 5.12. The number of rotatable bonds is 7. The fourth-order valence-corrected chi connectivity index (χ4v) is 3.29. The summed E-state index contributed by atoms with van der Waals surface area (Å²) in [6.45, 7) is 10.2. The number of hydrogen-bond acceptors (Lipinski definition) is 4. The molecule has 0 N–H and O–H groups in total. The highest BCUT2D eigenvalue weighted by Gasteiger charge is 2.22. The van der Waals surface area contributed by atoms with Crippen molar-refractivity contribution in [3.63, 3.8) is 0 Å². The van der Waals surface area contributed by atoms with Crippen LogP contribution in [-0.2, 0) is 24.2 Å². The lowest BCUT2D eigenvalue weighted by molar-refractivity contribution is -0.0305. The monoisotopic (exact) mass is 341 g/mol. The van der Waals surface area contributed by atoms with E-state index in [1.54, 1.807) is 7.11 Å². The van der Waals surface area contributed by atoms with Crippen LogP contribution in [0, 0.1) is 6.92 Å². The zero-order valence-electron chi connectivity index (χ0n) is 15.1. The van der Waals surface area contributed by atoms with Crippen LogP contribution in [0.1, 0.15) is 16.8 Å². The molecule has 5 nitrogen and oxygen atoms in total. The van der Waals surface area contributed by atoms with Crippen LogP contribution in [0.25, 0.3) is 0 Å². The lowest BCUT2D eigenvalue weighted by Crippen LogP contribution is -2.42. The van der Waals surface area contributed by atoms with Gasteiger partial charge >= 0.3 is 0 Å². The molecule has 5 heteroatoms. The van der Waals surface area contributed by atoms with Gasteiger partial charge in [0, 0.05) is 37.8 Å². The van der Waals surface area contributed by atoms with Crippen molar-refractivity contribution in [2.45, 2.75) is 32.5 Å². The highest BCUT2D eigenvalue weighted by molar-refractivity contribution is 5.29.